The largest absolute Gasteiger partial charge is 0.394 e. The maximum atomic E-state index is 9.05. The summed E-state index contributed by atoms with van der Waals surface area (Å²) in [5.74, 6) is 3.34. The van der Waals surface area contributed by atoms with Crippen LogP contribution in [0.1, 0.15) is 98.8 Å². The quantitative estimate of drug-likeness (QED) is 0.258. The van der Waals surface area contributed by atoms with Gasteiger partial charge in [0.15, 0.2) is 0 Å². The molecule has 0 bridgehead atoms. The number of methoxy groups -OCH3 is 1. The van der Waals surface area contributed by atoms with Gasteiger partial charge in [-0.15, -0.1) is 0 Å². The molecule has 0 aliphatic carbocycles. The molecule has 0 rings (SSSR count). The zero-order valence-electron chi connectivity index (χ0n) is 19.3. The van der Waals surface area contributed by atoms with Gasteiger partial charge in [0.25, 0.3) is 0 Å². The molecule has 0 aliphatic rings. The number of ether oxygens (including phenoxy) is 2. The van der Waals surface area contributed by atoms with E-state index in [1.54, 1.807) is 7.11 Å². The Morgan fingerprint density at radius 3 is 1.52 bits per heavy atom. The summed E-state index contributed by atoms with van der Waals surface area (Å²) < 4.78 is 10.7. The molecule has 0 radical (unpaired) electrons. The van der Waals surface area contributed by atoms with E-state index in [2.05, 4.69) is 34.6 Å². The maximum Gasteiger partial charge on any atom is 0.103 e. The predicted molar refractivity (Wildman–Crippen MR) is 117 cm³/mol. The van der Waals surface area contributed by atoms with E-state index in [1.807, 2.05) is 0 Å². The van der Waals surface area contributed by atoms with E-state index in [0.717, 1.165) is 30.8 Å². The number of aliphatic hydroxyl groups excluding tert-OH is 1. The highest BCUT2D eigenvalue weighted by atomic mass is 16.5. The van der Waals surface area contributed by atoms with E-state index in [1.165, 1.54) is 57.8 Å². The average molecular weight is 387 g/mol. The van der Waals surface area contributed by atoms with Crippen LogP contribution < -0.4 is 0 Å². The van der Waals surface area contributed by atoms with Crippen molar-refractivity contribution in [3.8, 4) is 0 Å². The third-order valence-electron chi connectivity index (χ3n) is 5.86. The molecular formula is C24H50O3. The Morgan fingerprint density at radius 2 is 1.11 bits per heavy atom. The topological polar surface area (TPSA) is 38.7 Å². The highest BCUT2D eigenvalue weighted by Gasteiger charge is 2.09. The third kappa shape index (κ3) is 17.7. The Kier molecular flexibility index (Phi) is 17.9. The van der Waals surface area contributed by atoms with E-state index >= 15 is 0 Å². The summed E-state index contributed by atoms with van der Waals surface area (Å²) in [5.41, 5.74) is 0. The minimum atomic E-state index is -0.181. The van der Waals surface area contributed by atoms with Crippen molar-refractivity contribution < 1.29 is 14.6 Å². The van der Waals surface area contributed by atoms with Crippen LogP contribution in [-0.4, -0.2) is 38.1 Å². The molecule has 0 spiro atoms. The third-order valence-corrected chi connectivity index (χ3v) is 5.86. The van der Waals surface area contributed by atoms with Crippen LogP contribution in [0.5, 0.6) is 0 Å². The minimum absolute atomic E-state index is 0.0284. The van der Waals surface area contributed by atoms with Gasteiger partial charge in [0.2, 0.25) is 0 Å². The van der Waals surface area contributed by atoms with Gasteiger partial charge < -0.3 is 14.6 Å². The number of rotatable bonds is 19. The van der Waals surface area contributed by atoms with Crippen LogP contribution in [-0.2, 0) is 9.47 Å². The molecule has 164 valence electrons. The van der Waals surface area contributed by atoms with Crippen LogP contribution in [0.4, 0.5) is 0 Å². The van der Waals surface area contributed by atoms with Crippen molar-refractivity contribution in [2.45, 2.75) is 105 Å². The van der Waals surface area contributed by atoms with Gasteiger partial charge in [-0.3, -0.25) is 0 Å². The van der Waals surface area contributed by atoms with Gasteiger partial charge in [0.1, 0.15) is 6.10 Å². The van der Waals surface area contributed by atoms with Crippen molar-refractivity contribution >= 4 is 0 Å². The molecule has 3 heteroatoms. The first-order chi connectivity index (χ1) is 12.9. The Labute approximate surface area is 170 Å². The van der Waals surface area contributed by atoms with E-state index in [9.17, 15) is 0 Å². The van der Waals surface area contributed by atoms with Gasteiger partial charge in [0.05, 0.1) is 13.2 Å². The first kappa shape index (κ1) is 26.9. The van der Waals surface area contributed by atoms with E-state index in [-0.39, 0.29) is 12.7 Å². The van der Waals surface area contributed by atoms with Crippen LogP contribution in [0.15, 0.2) is 0 Å². The monoisotopic (exact) mass is 386 g/mol. The Balaban J connectivity index is 3.54. The van der Waals surface area contributed by atoms with Crippen molar-refractivity contribution in [2.24, 2.45) is 23.7 Å². The fourth-order valence-corrected chi connectivity index (χ4v) is 3.63. The van der Waals surface area contributed by atoms with Crippen molar-refractivity contribution in [3.05, 3.63) is 0 Å². The number of hydrogen-bond acceptors (Lipinski definition) is 3. The van der Waals surface area contributed by atoms with Crippen molar-refractivity contribution in [2.75, 3.05) is 26.9 Å². The molecule has 0 aromatic carbocycles. The minimum Gasteiger partial charge on any atom is -0.394 e. The molecule has 0 aromatic rings. The molecule has 3 nitrogen and oxygen atoms in total. The molecule has 4 unspecified atom stereocenters. The van der Waals surface area contributed by atoms with E-state index in [4.69, 9.17) is 14.6 Å². The van der Waals surface area contributed by atoms with Crippen LogP contribution in [0.25, 0.3) is 0 Å². The van der Waals surface area contributed by atoms with Gasteiger partial charge in [-0.25, -0.2) is 0 Å². The van der Waals surface area contributed by atoms with Gasteiger partial charge in [-0.2, -0.15) is 0 Å². The van der Waals surface area contributed by atoms with E-state index in [0.29, 0.717) is 12.5 Å². The lowest BCUT2D eigenvalue weighted by atomic mass is 9.91. The molecule has 0 fully saturated rings. The highest BCUT2D eigenvalue weighted by Crippen LogP contribution is 2.22. The average Bonchev–Trinajstić information content (AvgIpc) is 2.61. The molecular weight excluding hydrogens is 336 g/mol. The molecule has 0 heterocycles. The Bertz CT molecular complexity index is 302. The van der Waals surface area contributed by atoms with Gasteiger partial charge >= 0.3 is 0 Å². The lowest BCUT2D eigenvalue weighted by Crippen LogP contribution is -2.22. The summed E-state index contributed by atoms with van der Waals surface area (Å²) in [6.45, 7) is 13.1. The summed E-state index contributed by atoms with van der Waals surface area (Å²) in [6, 6.07) is 0. The zero-order chi connectivity index (χ0) is 20.5. The SMILES string of the molecule is COC(CO)COCCC(C)CCCC(C)CCCC(C)CCCC(C)C. The zero-order valence-corrected chi connectivity index (χ0v) is 19.3. The van der Waals surface area contributed by atoms with Crippen LogP contribution in [0, 0.1) is 23.7 Å². The summed E-state index contributed by atoms with van der Waals surface area (Å²) >= 11 is 0. The second-order valence-electron chi connectivity index (χ2n) is 9.41. The first-order valence-electron chi connectivity index (χ1n) is 11.6. The smallest absolute Gasteiger partial charge is 0.103 e. The van der Waals surface area contributed by atoms with Crippen LogP contribution in [0.3, 0.4) is 0 Å². The predicted octanol–water partition coefficient (Wildman–Crippen LogP) is 6.48. The molecule has 4 atom stereocenters. The van der Waals surface area contributed by atoms with Crippen LogP contribution in [0.2, 0.25) is 0 Å². The molecule has 0 amide bonds. The summed E-state index contributed by atoms with van der Waals surface area (Å²) in [5, 5.41) is 9.05. The summed E-state index contributed by atoms with van der Waals surface area (Å²) in [7, 11) is 1.61. The van der Waals surface area contributed by atoms with Crippen molar-refractivity contribution in [1.82, 2.24) is 0 Å². The first-order valence-corrected chi connectivity index (χ1v) is 11.6. The Morgan fingerprint density at radius 1 is 0.667 bits per heavy atom. The molecule has 0 saturated carbocycles. The summed E-state index contributed by atoms with van der Waals surface area (Å²) in [4.78, 5) is 0. The van der Waals surface area contributed by atoms with E-state index < -0.39 is 0 Å². The van der Waals surface area contributed by atoms with Crippen molar-refractivity contribution in [3.63, 3.8) is 0 Å². The molecule has 0 aliphatic heterocycles. The maximum absolute atomic E-state index is 9.05. The fourth-order valence-electron chi connectivity index (χ4n) is 3.63. The van der Waals surface area contributed by atoms with Gasteiger partial charge in [0, 0.05) is 13.7 Å². The Hall–Kier alpha value is -0.120. The highest BCUT2D eigenvalue weighted by molar-refractivity contribution is 4.61. The standard InChI is InChI=1S/C24H50O3/c1-20(2)10-7-11-21(3)12-8-13-22(4)14-9-15-23(5)16-17-27-19-24(18-25)26-6/h20-25H,7-19H2,1-6H3. The molecule has 27 heavy (non-hydrogen) atoms. The second kappa shape index (κ2) is 17.9. The van der Waals surface area contributed by atoms with Gasteiger partial charge in [-0.05, 0) is 30.1 Å². The molecule has 0 aromatic heterocycles. The number of aliphatic hydroxyl groups is 1. The van der Waals surface area contributed by atoms with Crippen LogP contribution >= 0.6 is 0 Å². The molecule has 0 saturated heterocycles. The van der Waals surface area contributed by atoms with Gasteiger partial charge in [-0.1, -0.05) is 92.4 Å². The fraction of sp³-hybridized carbons (Fsp3) is 1.00. The summed E-state index contributed by atoms with van der Waals surface area (Å²) in [6.07, 6.45) is 13.3. The lowest BCUT2D eigenvalue weighted by Gasteiger charge is -2.17. The molecule has 1 N–H and O–H groups in total. The lowest BCUT2D eigenvalue weighted by molar-refractivity contribution is -0.0221. The van der Waals surface area contributed by atoms with Crippen molar-refractivity contribution in [1.29, 1.82) is 0 Å². The normalized spacial score (nSPS) is 16.4. The number of hydrogen-bond donors (Lipinski definition) is 1. The second-order valence-corrected chi connectivity index (χ2v) is 9.41.